The minimum Gasteiger partial charge on any atom is -0.372 e. The fraction of sp³-hybridized carbons (Fsp3) is 0.385. The zero-order chi connectivity index (χ0) is 10.1. The summed E-state index contributed by atoms with van der Waals surface area (Å²) < 4.78 is 0. The highest BCUT2D eigenvalue weighted by molar-refractivity contribution is 5.35. The second-order valence-corrected chi connectivity index (χ2v) is 4.37. The van der Waals surface area contributed by atoms with Crippen molar-refractivity contribution in [3.05, 3.63) is 47.3 Å². The van der Waals surface area contributed by atoms with E-state index in [1.165, 1.54) is 18.5 Å². The largest absolute Gasteiger partial charge is 0.372 e. The van der Waals surface area contributed by atoms with Crippen LogP contribution in [0.2, 0.25) is 0 Å². The second-order valence-electron chi connectivity index (χ2n) is 4.37. The first-order valence-corrected chi connectivity index (χ1v) is 5.67. The fourth-order valence-corrected chi connectivity index (χ4v) is 2.64. The molecule has 0 radical (unpaired) electrons. The second kappa shape index (κ2) is 3.61. The van der Waals surface area contributed by atoms with Crippen molar-refractivity contribution in [2.45, 2.75) is 25.2 Å². The number of fused-ring (bicyclic) bond motifs is 1. The molecule has 1 heterocycles. The van der Waals surface area contributed by atoms with Gasteiger partial charge in [-0.2, -0.15) is 0 Å². The molecule has 0 spiro atoms. The molecule has 1 aromatic carbocycles. The summed E-state index contributed by atoms with van der Waals surface area (Å²) in [5.41, 5.74) is 4.47. The predicted molar refractivity (Wildman–Crippen MR) is 61.3 cm³/mol. The zero-order valence-corrected chi connectivity index (χ0v) is 8.79. The van der Waals surface area contributed by atoms with Crippen LogP contribution in [0.25, 0.3) is 0 Å². The van der Waals surface area contributed by atoms with Gasteiger partial charge in [-0.1, -0.05) is 24.3 Å². The molecule has 0 saturated carbocycles. The molecular formula is C13H16N2. The van der Waals surface area contributed by atoms with Crippen LogP contribution in [0.15, 0.2) is 36.2 Å². The molecule has 0 bridgehead atoms. The summed E-state index contributed by atoms with van der Waals surface area (Å²) in [6, 6.07) is 8.86. The van der Waals surface area contributed by atoms with Gasteiger partial charge in [-0.05, 0) is 36.3 Å². The van der Waals surface area contributed by atoms with E-state index in [1.54, 1.807) is 11.1 Å². The maximum Gasteiger partial charge on any atom is 0.0843 e. The molecule has 0 fully saturated rings. The number of allylic oxidation sites excluding steroid dienone is 1. The van der Waals surface area contributed by atoms with E-state index in [0.717, 1.165) is 19.0 Å². The summed E-state index contributed by atoms with van der Waals surface area (Å²) in [4.78, 5) is 0. The van der Waals surface area contributed by atoms with Crippen LogP contribution in [0.1, 0.15) is 29.9 Å². The van der Waals surface area contributed by atoms with E-state index in [9.17, 15) is 0 Å². The molecule has 2 aliphatic rings. The van der Waals surface area contributed by atoms with E-state index in [-0.39, 0.29) is 0 Å². The van der Waals surface area contributed by atoms with E-state index in [0.29, 0.717) is 0 Å². The SMILES string of the molecule is C1=C(C[C@H]2CCc3ccccc32)NCN1. The van der Waals surface area contributed by atoms with Crippen LogP contribution in [0, 0.1) is 0 Å². The molecule has 78 valence electrons. The number of aryl methyl sites for hydroxylation is 1. The molecule has 0 unspecified atom stereocenters. The molecule has 0 saturated heterocycles. The van der Waals surface area contributed by atoms with Gasteiger partial charge in [0.25, 0.3) is 0 Å². The normalized spacial score (nSPS) is 22.9. The maximum absolute atomic E-state index is 3.36. The van der Waals surface area contributed by atoms with Crippen molar-refractivity contribution < 1.29 is 0 Å². The Morgan fingerprint density at radius 2 is 2.20 bits per heavy atom. The minimum atomic E-state index is 0.722. The molecule has 0 amide bonds. The van der Waals surface area contributed by atoms with Crippen LogP contribution in [0.3, 0.4) is 0 Å². The van der Waals surface area contributed by atoms with E-state index < -0.39 is 0 Å². The van der Waals surface area contributed by atoms with E-state index in [4.69, 9.17) is 0 Å². The smallest absolute Gasteiger partial charge is 0.0843 e. The van der Waals surface area contributed by atoms with E-state index in [1.807, 2.05) is 0 Å². The Bertz CT molecular complexity index is 395. The number of benzene rings is 1. The summed E-state index contributed by atoms with van der Waals surface area (Å²) in [7, 11) is 0. The predicted octanol–water partition coefficient (Wildman–Crippen LogP) is 2.10. The monoisotopic (exact) mass is 200 g/mol. The van der Waals surface area contributed by atoms with Crippen molar-refractivity contribution >= 4 is 0 Å². The molecule has 1 aliphatic carbocycles. The standard InChI is InChI=1S/C13H16N2/c1-2-4-13-10(3-1)5-6-11(13)7-12-8-14-9-15-12/h1-4,8,11,14-15H,5-7,9H2/t11-/m1/s1. The molecule has 1 aliphatic heterocycles. The number of nitrogens with one attached hydrogen (secondary N) is 2. The van der Waals surface area contributed by atoms with Gasteiger partial charge in [0.1, 0.15) is 0 Å². The Kier molecular flexibility index (Phi) is 2.13. The van der Waals surface area contributed by atoms with Crippen LogP contribution in [-0.4, -0.2) is 6.67 Å². The van der Waals surface area contributed by atoms with Crippen LogP contribution in [-0.2, 0) is 6.42 Å². The first kappa shape index (κ1) is 8.84. The van der Waals surface area contributed by atoms with Crippen LogP contribution in [0.5, 0.6) is 0 Å². The lowest BCUT2D eigenvalue weighted by atomic mass is 9.96. The van der Waals surface area contributed by atoms with Gasteiger partial charge in [0.05, 0.1) is 6.67 Å². The molecule has 1 aromatic rings. The molecule has 3 rings (SSSR count). The summed E-state index contributed by atoms with van der Waals surface area (Å²) in [6.07, 6.45) is 5.82. The molecule has 2 heteroatoms. The van der Waals surface area contributed by atoms with Crippen LogP contribution >= 0.6 is 0 Å². The van der Waals surface area contributed by atoms with E-state index >= 15 is 0 Å². The highest BCUT2D eigenvalue weighted by Crippen LogP contribution is 2.36. The van der Waals surface area contributed by atoms with Crippen molar-refractivity contribution in [2.24, 2.45) is 0 Å². The third-order valence-corrected chi connectivity index (χ3v) is 3.42. The quantitative estimate of drug-likeness (QED) is 0.764. The lowest BCUT2D eigenvalue weighted by molar-refractivity contribution is 0.643. The first-order valence-electron chi connectivity index (χ1n) is 5.67. The topological polar surface area (TPSA) is 24.1 Å². The van der Waals surface area contributed by atoms with Gasteiger partial charge >= 0.3 is 0 Å². The molecular weight excluding hydrogens is 184 g/mol. The Labute approximate surface area is 90.4 Å². The molecule has 2 N–H and O–H groups in total. The van der Waals surface area contributed by atoms with Gasteiger partial charge < -0.3 is 10.6 Å². The summed E-state index contributed by atoms with van der Waals surface area (Å²) >= 11 is 0. The number of rotatable bonds is 2. The molecule has 0 aromatic heterocycles. The fourth-order valence-electron chi connectivity index (χ4n) is 2.64. The van der Waals surface area contributed by atoms with Gasteiger partial charge in [0, 0.05) is 11.9 Å². The highest BCUT2D eigenvalue weighted by atomic mass is 15.1. The Balaban J connectivity index is 1.79. The van der Waals surface area contributed by atoms with Gasteiger partial charge in [-0.25, -0.2) is 0 Å². The average molecular weight is 200 g/mol. The summed E-state index contributed by atoms with van der Waals surface area (Å²) in [6.45, 7) is 0.893. The molecule has 1 atom stereocenters. The Hall–Kier alpha value is -1.44. The van der Waals surface area contributed by atoms with Crippen molar-refractivity contribution in [1.82, 2.24) is 10.6 Å². The number of hydrogen-bond donors (Lipinski definition) is 2. The van der Waals surface area contributed by atoms with Crippen molar-refractivity contribution in [1.29, 1.82) is 0 Å². The summed E-state index contributed by atoms with van der Waals surface area (Å²) in [5, 5.41) is 6.56. The van der Waals surface area contributed by atoms with Gasteiger partial charge in [0.15, 0.2) is 0 Å². The summed E-state index contributed by atoms with van der Waals surface area (Å²) in [5.74, 6) is 0.722. The molecule has 15 heavy (non-hydrogen) atoms. The average Bonchev–Trinajstić information content (AvgIpc) is 2.89. The Morgan fingerprint density at radius 1 is 1.27 bits per heavy atom. The van der Waals surface area contributed by atoms with Crippen LogP contribution in [0.4, 0.5) is 0 Å². The van der Waals surface area contributed by atoms with Crippen molar-refractivity contribution in [2.75, 3.05) is 6.67 Å². The van der Waals surface area contributed by atoms with E-state index in [2.05, 4.69) is 41.1 Å². The first-order chi connectivity index (χ1) is 7.43. The molecule has 2 nitrogen and oxygen atoms in total. The minimum absolute atomic E-state index is 0.722. The zero-order valence-electron chi connectivity index (χ0n) is 8.79. The number of hydrogen-bond acceptors (Lipinski definition) is 2. The lowest BCUT2D eigenvalue weighted by Crippen LogP contribution is -2.15. The maximum atomic E-state index is 3.36. The van der Waals surface area contributed by atoms with Crippen molar-refractivity contribution in [3.63, 3.8) is 0 Å². The van der Waals surface area contributed by atoms with Gasteiger partial charge in [-0.3, -0.25) is 0 Å². The third kappa shape index (κ3) is 1.60. The van der Waals surface area contributed by atoms with Gasteiger partial charge in [-0.15, -0.1) is 0 Å². The van der Waals surface area contributed by atoms with Crippen molar-refractivity contribution in [3.8, 4) is 0 Å². The highest BCUT2D eigenvalue weighted by Gasteiger charge is 2.23. The Morgan fingerprint density at radius 3 is 3.07 bits per heavy atom. The van der Waals surface area contributed by atoms with Crippen LogP contribution < -0.4 is 10.6 Å². The lowest BCUT2D eigenvalue weighted by Gasteiger charge is -2.12. The third-order valence-electron chi connectivity index (χ3n) is 3.42. The van der Waals surface area contributed by atoms with Gasteiger partial charge in [0.2, 0.25) is 0 Å².